The molecule has 4 heteroatoms. The van der Waals surface area contributed by atoms with Crippen molar-refractivity contribution in [1.29, 1.82) is 5.26 Å². The average molecular weight is 241 g/mol. The van der Waals surface area contributed by atoms with E-state index in [0.717, 1.165) is 5.56 Å². The van der Waals surface area contributed by atoms with Crippen molar-refractivity contribution in [1.82, 2.24) is 10.3 Å². The van der Waals surface area contributed by atoms with Crippen LogP contribution in [-0.4, -0.2) is 4.98 Å². The maximum Gasteiger partial charge on any atom is 0.129 e. The second-order valence-electron chi connectivity index (χ2n) is 3.88. The summed E-state index contributed by atoms with van der Waals surface area (Å²) in [6, 6.07) is 10.2. The zero-order valence-corrected chi connectivity index (χ0v) is 9.73. The molecule has 1 aromatic heterocycles. The van der Waals surface area contributed by atoms with E-state index in [-0.39, 0.29) is 5.82 Å². The summed E-state index contributed by atoms with van der Waals surface area (Å²) in [5.41, 5.74) is 1.99. The number of rotatable bonds is 4. The first-order chi connectivity index (χ1) is 8.79. The Morgan fingerprint density at radius 2 is 1.94 bits per heavy atom. The number of nitrogens with zero attached hydrogens (tertiary/aromatic N) is 2. The lowest BCUT2D eigenvalue weighted by molar-refractivity contribution is 0.587. The molecule has 0 amide bonds. The van der Waals surface area contributed by atoms with E-state index in [4.69, 9.17) is 5.26 Å². The Labute approximate surface area is 105 Å². The molecular weight excluding hydrogens is 229 g/mol. The predicted molar refractivity (Wildman–Crippen MR) is 65.9 cm³/mol. The molecule has 0 saturated heterocycles. The molecule has 90 valence electrons. The Morgan fingerprint density at radius 3 is 2.61 bits per heavy atom. The van der Waals surface area contributed by atoms with Gasteiger partial charge in [-0.25, -0.2) is 4.39 Å². The summed E-state index contributed by atoms with van der Waals surface area (Å²) in [5, 5.41) is 11.8. The van der Waals surface area contributed by atoms with Crippen LogP contribution >= 0.6 is 0 Å². The summed E-state index contributed by atoms with van der Waals surface area (Å²) in [6.07, 6.45) is 3.44. The van der Waals surface area contributed by atoms with Crippen molar-refractivity contribution in [3.05, 3.63) is 65.2 Å². The molecular formula is C14H12FN3. The molecule has 1 N–H and O–H groups in total. The SMILES string of the molecule is N#Cc1ccc(CNCc2ccncc2)c(F)c1. The summed E-state index contributed by atoms with van der Waals surface area (Å²) >= 11 is 0. The van der Waals surface area contributed by atoms with Gasteiger partial charge in [0.1, 0.15) is 5.82 Å². The molecule has 0 radical (unpaired) electrons. The highest BCUT2D eigenvalue weighted by Crippen LogP contribution is 2.09. The molecule has 18 heavy (non-hydrogen) atoms. The van der Waals surface area contributed by atoms with Crippen LogP contribution in [0.15, 0.2) is 42.7 Å². The summed E-state index contributed by atoms with van der Waals surface area (Å²) in [6.45, 7) is 1.09. The minimum Gasteiger partial charge on any atom is -0.309 e. The zero-order valence-electron chi connectivity index (χ0n) is 9.73. The van der Waals surface area contributed by atoms with Crippen molar-refractivity contribution in [3.63, 3.8) is 0 Å². The number of pyridine rings is 1. The van der Waals surface area contributed by atoms with Crippen LogP contribution in [0.3, 0.4) is 0 Å². The van der Waals surface area contributed by atoms with E-state index in [0.29, 0.717) is 24.2 Å². The molecule has 0 aliphatic rings. The van der Waals surface area contributed by atoms with Gasteiger partial charge in [-0.15, -0.1) is 0 Å². The molecule has 1 aromatic carbocycles. The fraction of sp³-hybridized carbons (Fsp3) is 0.143. The number of hydrogen-bond donors (Lipinski definition) is 1. The van der Waals surface area contributed by atoms with Gasteiger partial charge in [-0.05, 0) is 29.8 Å². The maximum absolute atomic E-state index is 13.6. The van der Waals surface area contributed by atoms with E-state index in [1.165, 1.54) is 6.07 Å². The highest BCUT2D eigenvalue weighted by Gasteiger charge is 2.03. The maximum atomic E-state index is 13.6. The first-order valence-electron chi connectivity index (χ1n) is 5.58. The quantitative estimate of drug-likeness (QED) is 0.894. The van der Waals surface area contributed by atoms with E-state index in [2.05, 4.69) is 10.3 Å². The number of halogens is 1. The molecule has 2 rings (SSSR count). The highest BCUT2D eigenvalue weighted by molar-refractivity contribution is 5.32. The van der Waals surface area contributed by atoms with Crippen LogP contribution in [0.1, 0.15) is 16.7 Å². The number of aromatic nitrogens is 1. The van der Waals surface area contributed by atoms with Crippen LogP contribution in [0, 0.1) is 17.1 Å². The number of benzene rings is 1. The van der Waals surface area contributed by atoms with E-state index in [1.54, 1.807) is 24.5 Å². The summed E-state index contributed by atoms with van der Waals surface area (Å²) in [5.74, 6) is -0.351. The van der Waals surface area contributed by atoms with Gasteiger partial charge in [0.05, 0.1) is 11.6 Å². The molecule has 0 aliphatic heterocycles. The second kappa shape index (κ2) is 5.89. The average Bonchev–Trinajstić information content (AvgIpc) is 2.42. The van der Waals surface area contributed by atoms with Gasteiger partial charge < -0.3 is 5.32 Å². The van der Waals surface area contributed by atoms with Crippen LogP contribution in [0.5, 0.6) is 0 Å². The lowest BCUT2D eigenvalue weighted by Crippen LogP contribution is -2.13. The van der Waals surface area contributed by atoms with Crippen LogP contribution in [-0.2, 0) is 13.1 Å². The topological polar surface area (TPSA) is 48.7 Å². The molecule has 1 heterocycles. The smallest absolute Gasteiger partial charge is 0.129 e. The van der Waals surface area contributed by atoms with Crippen molar-refractivity contribution in [2.24, 2.45) is 0 Å². The monoisotopic (exact) mass is 241 g/mol. The fourth-order valence-corrected chi connectivity index (χ4v) is 1.60. The third-order valence-electron chi connectivity index (χ3n) is 2.58. The van der Waals surface area contributed by atoms with Gasteiger partial charge in [-0.3, -0.25) is 4.98 Å². The van der Waals surface area contributed by atoms with E-state index in [9.17, 15) is 4.39 Å². The number of hydrogen-bond acceptors (Lipinski definition) is 3. The largest absolute Gasteiger partial charge is 0.309 e. The first kappa shape index (κ1) is 12.2. The molecule has 0 saturated carbocycles. The first-order valence-corrected chi connectivity index (χ1v) is 5.58. The van der Waals surface area contributed by atoms with Crippen molar-refractivity contribution < 1.29 is 4.39 Å². The Hall–Kier alpha value is -2.25. The van der Waals surface area contributed by atoms with Crippen molar-refractivity contribution >= 4 is 0 Å². The van der Waals surface area contributed by atoms with Gasteiger partial charge in [0, 0.05) is 31.0 Å². The highest BCUT2D eigenvalue weighted by atomic mass is 19.1. The van der Waals surface area contributed by atoms with Crippen molar-refractivity contribution in [2.75, 3.05) is 0 Å². The predicted octanol–water partition coefficient (Wildman–Crippen LogP) is 2.38. The van der Waals surface area contributed by atoms with E-state index in [1.807, 2.05) is 18.2 Å². The van der Waals surface area contributed by atoms with Gasteiger partial charge >= 0.3 is 0 Å². The van der Waals surface area contributed by atoms with Gasteiger partial charge in [0.25, 0.3) is 0 Å². The van der Waals surface area contributed by atoms with Crippen LogP contribution in [0.2, 0.25) is 0 Å². The van der Waals surface area contributed by atoms with E-state index >= 15 is 0 Å². The summed E-state index contributed by atoms with van der Waals surface area (Å²) in [7, 11) is 0. The Balaban J connectivity index is 1.93. The Bertz CT molecular complexity index is 561. The van der Waals surface area contributed by atoms with Crippen LogP contribution in [0.25, 0.3) is 0 Å². The minimum atomic E-state index is -0.351. The molecule has 0 spiro atoms. The number of nitriles is 1. The summed E-state index contributed by atoms with van der Waals surface area (Å²) < 4.78 is 13.6. The lowest BCUT2D eigenvalue weighted by atomic mass is 10.1. The van der Waals surface area contributed by atoms with Crippen molar-refractivity contribution in [3.8, 4) is 6.07 Å². The van der Waals surface area contributed by atoms with Gasteiger partial charge in [-0.1, -0.05) is 6.07 Å². The zero-order chi connectivity index (χ0) is 12.8. The number of nitrogens with one attached hydrogen (secondary N) is 1. The van der Waals surface area contributed by atoms with Crippen LogP contribution < -0.4 is 5.32 Å². The van der Waals surface area contributed by atoms with Gasteiger partial charge in [0.15, 0.2) is 0 Å². The molecule has 2 aromatic rings. The van der Waals surface area contributed by atoms with Crippen LogP contribution in [0.4, 0.5) is 4.39 Å². The molecule has 3 nitrogen and oxygen atoms in total. The van der Waals surface area contributed by atoms with Gasteiger partial charge in [0.2, 0.25) is 0 Å². The van der Waals surface area contributed by atoms with E-state index < -0.39 is 0 Å². The Kier molecular flexibility index (Phi) is 4.00. The molecule has 0 fully saturated rings. The summed E-state index contributed by atoms with van der Waals surface area (Å²) in [4.78, 5) is 3.93. The fourth-order valence-electron chi connectivity index (χ4n) is 1.60. The Morgan fingerprint density at radius 1 is 1.17 bits per heavy atom. The standard InChI is InChI=1S/C14H12FN3/c15-14-7-12(8-16)1-2-13(14)10-18-9-11-3-5-17-6-4-11/h1-7,18H,9-10H2. The lowest BCUT2D eigenvalue weighted by Gasteiger charge is -2.06. The third kappa shape index (κ3) is 3.12. The van der Waals surface area contributed by atoms with Gasteiger partial charge in [-0.2, -0.15) is 5.26 Å². The van der Waals surface area contributed by atoms with Crippen molar-refractivity contribution in [2.45, 2.75) is 13.1 Å². The third-order valence-corrected chi connectivity index (χ3v) is 2.58. The normalized spacial score (nSPS) is 10.0. The second-order valence-corrected chi connectivity index (χ2v) is 3.88. The molecule has 0 atom stereocenters. The molecule has 0 unspecified atom stereocenters. The minimum absolute atomic E-state index is 0.338. The molecule has 0 aliphatic carbocycles. The molecule has 0 bridgehead atoms.